The summed E-state index contributed by atoms with van der Waals surface area (Å²) in [5.74, 6) is 0. The fourth-order valence-corrected chi connectivity index (χ4v) is 1.51. The molecule has 2 nitrogen and oxygen atoms in total. The Bertz CT molecular complexity index is 279. The highest BCUT2D eigenvalue weighted by atomic mass is 14.9. The molecule has 2 heteroatoms. The van der Waals surface area contributed by atoms with Crippen LogP contribution in [0.25, 0.3) is 0 Å². The van der Waals surface area contributed by atoms with Crippen molar-refractivity contribution < 1.29 is 0 Å². The number of benzene rings is 1. The van der Waals surface area contributed by atoms with Gasteiger partial charge in [-0.15, -0.1) is 0 Å². The fraction of sp³-hybridized carbons (Fsp3) is 0.571. The van der Waals surface area contributed by atoms with Gasteiger partial charge in [-0.2, -0.15) is 0 Å². The highest BCUT2D eigenvalue weighted by molar-refractivity contribution is 5.45. The van der Waals surface area contributed by atoms with Crippen molar-refractivity contribution in [2.45, 2.75) is 46.2 Å². The lowest BCUT2D eigenvalue weighted by Crippen LogP contribution is -2.15. The van der Waals surface area contributed by atoms with E-state index in [1.165, 1.54) is 17.7 Å². The lowest BCUT2D eigenvalue weighted by atomic mass is 10.2. The van der Waals surface area contributed by atoms with Gasteiger partial charge in [-0.1, -0.05) is 26.0 Å². The van der Waals surface area contributed by atoms with Crippen LogP contribution in [0.4, 0.5) is 5.69 Å². The number of rotatable bonds is 7. The first-order valence-electron chi connectivity index (χ1n) is 6.32. The lowest BCUT2D eigenvalue weighted by molar-refractivity contribution is 0.675. The summed E-state index contributed by atoms with van der Waals surface area (Å²) in [6.45, 7) is 8.65. The Balaban J connectivity index is 2.41. The zero-order chi connectivity index (χ0) is 11.8. The minimum absolute atomic E-state index is 0.545. The van der Waals surface area contributed by atoms with Crippen LogP contribution in [-0.4, -0.2) is 12.6 Å². The Morgan fingerprint density at radius 3 is 2.38 bits per heavy atom. The van der Waals surface area contributed by atoms with Crippen molar-refractivity contribution in [3.63, 3.8) is 0 Å². The monoisotopic (exact) mass is 220 g/mol. The van der Waals surface area contributed by atoms with Gasteiger partial charge < -0.3 is 10.6 Å². The number of anilines is 1. The Kier molecular flexibility index (Phi) is 5.94. The minimum Gasteiger partial charge on any atom is -0.383 e. The summed E-state index contributed by atoms with van der Waals surface area (Å²) < 4.78 is 0. The molecule has 0 aliphatic rings. The maximum Gasteiger partial charge on any atom is 0.0342 e. The molecule has 0 spiro atoms. The molecule has 0 aliphatic heterocycles. The van der Waals surface area contributed by atoms with Crippen LogP contribution in [0.2, 0.25) is 0 Å². The Morgan fingerprint density at radius 2 is 1.81 bits per heavy atom. The summed E-state index contributed by atoms with van der Waals surface area (Å²) in [7, 11) is 0. The molecule has 1 aromatic carbocycles. The molecule has 0 heterocycles. The fourth-order valence-electron chi connectivity index (χ4n) is 1.51. The molecule has 1 unspecified atom stereocenters. The molecule has 16 heavy (non-hydrogen) atoms. The molecule has 0 radical (unpaired) electrons. The van der Waals surface area contributed by atoms with Crippen molar-refractivity contribution in [2.75, 3.05) is 11.9 Å². The van der Waals surface area contributed by atoms with Gasteiger partial charge in [0.25, 0.3) is 0 Å². The molecule has 1 aromatic rings. The predicted octanol–water partition coefficient (Wildman–Crippen LogP) is 3.40. The van der Waals surface area contributed by atoms with Crippen molar-refractivity contribution in [1.29, 1.82) is 0 Å². The van der Waals surface area contributed by atoms with Crippen molar-refractivity contribution in [2.24, 2.45) is 0 Å². The third kappa shape index (κ3) is 4.67. The van der Waals surface area contributed by atoms with Crippen LogP contribution in [0.15, 0.2) is 24.3 Å². The molecule has 0 saturated carbocycles. The predicted molar refractivity (Wildman–Crippen MR) is 71.8 cm³/mol. The minimum atomic E-state index is 0.545. The molecular weight excluding hydrogens is 196 g/mol. The molecular formula is C14H24N2. The van der Waals surface area contributed by atoms with E-state index < -0.39 is 0 Å². The van der Waals surface area contributed by atoms with Crippen LogP contribution in [0.5, 0.6) is 0 Å². The van der Waals surface area contributed by atoms with Gasteiger partial charge in [-0.3, -0.25) is 0 Å². The van der Waals surface area contributed by atoms with E-state index in [0.717, 1.165) is 19.5 Å². The molecule has 0 aliphatic carbocycles. The van der Waals surface area contributed by atoms with Crippen LogP contribution in [-0.2, 0) is 6.54 Å². The summed E-state index contributed by atoms with van der Waals surface area (Å²) in [6, 6.07) is 9.24. The van der Waals surface area contributed by atoms with Gasteiger partial charge in [-0.05, 0) is 44.0 Å². The molecule has 1 atom stereocenters. The zero-order valence-electron chi connectivity index (χ0n) is 10.7. The van der Waals surface area contributed by atoms with E-state index >= 15 is 0 Å². The molecule has 0 saturated heterocycles. The van der Waals surface area contributed by atoms with E-state index in [0.29, 0.717) is 6.04 Å². The van der Waals surface area contributed by atoms with E-state index in [9.17, 15) is 0 Å². The SMILES string of the molecule is CCCNCc1ccc(NC(C)CC)cc1. The second kappa shape index (κ2) is 7.29. The Labute approximate surface area is 99.5 Å². The maximum atomic E-state index is 3.47. The van der Waals surface area contributed by atoms with Gasteiger partial charge in [0.05, 0.1) is 0 Å². The van der Waals surface area contributed by atoms with Gasteiger partial charge >= 0.3 is 0 Å². The van der Waals surface area contributed by atoms with Gasteiger partial charge in [0.2, 0.25) is 0 Å². The van der Waals surface area contributed by atoms with Crippen LogP contribution < -0.4 is 10.6 Å². The molecule has 90 valence electrons. The van der Waals surface area contributed by atoms with Gasteiger partial charge in [0.1, 0.15) is 0 Å². The third-order valence-electron chi connectivity index (χ3n) is 2.74. The topological polar surface area (TPSA) is 24.1 Å². The van der Waals surface area contributed by atoms with Crippen molar-refractivity contribution in [3.05, 3.63) is 29.8 Å². The molecule has 0 amide bonds. The van der Waals surface area contributed by atoms with E-state index in [4.69, 9.17) is 0 Å². The first-order chi connectivity index (χ1) is 7.76. The average molecular weight is 220 g/mol. The number of nitrogens with one attached hydrogen (secondary N) is 2. The van der Waals surface area contributed by atoms with Gasteiger partial charge in [0.15, 0.2) is 0 Å². The molecule has 0 bridgehead atoms. The average Bonchev–Trinajstić information content (AvgIpc) is 2.31. The van der Waals surface area contributed by atoms with E-state index in [1.807, 2.05) is 0 Å². The second-order valence-electron chi connectivity index (χ2n) is 4.33. The normalized spacial score (nSPS) is 12.4. The molecule has 0 aromatic heterocycles. The van der Waals surface area contributed by atoms with Crippen molar-refractivity contribution in [1.82, 2.24) is 5.32 Å². The van der Waals surface area contributed by atoms with E-state index in [-0.39, 0.29) is 0 Å². The lowest BCUT2D eigenvalue weighted by Gasteiger charge is -2.13. The van der Waals surface area contributed by atoms with Gasteiger partial charge in [-0.25, -0.2) is 0 Å². The summed E-state index contributed by atoms with van der Waals surface area (Å²) in [5.41, 5.74) is 2.57. The largest absolute Gasteiger partial charge is 0.383 e. The van der Waals surface area contributed by atoms with Crippen LogP contribution >= 0.6 is 0 Å². The van der Waals surface area contributed by atoms with Crippen LogP contribution in [0.3, 0.4) is 0 Å². The smallest absolute Gasteiger partial charge is 0.0342 e. The van der Waals surface area contributed by atoms with E-state index in [2.05, 4.69) is 55.7 Å². The first-order valence-corrected chi connectivity index (χ1v) is 6.32. The van der Waals surface area contributed by atoms with Crippen LogP contribution in [0.1, 0.15) is 39.2 Å². The summed E-state index contributed by atoms with van der Waals surface area (Å²) in [5, 5.41) is 6.87. The third-order valence-corrected chi connectivity index (χ3v) is 2.74. The maximum absolute atomic E-state index is 3.47. The van der Waals surface area contributed by atoms with E-state index in [1.54, 1.807) is 0 Å². The Hall–Kier alpha value is -1.02. The molecule has 2 N–H and O–H groups in total. The Morgan fingerprint density at radius 1 is 1.12 bits per heavy atom. The first kappa shape index (κ1) is 13.0. The number of hydrogen-bond donors (Lipinski definition) is 2. The number of hydrogen-bond acceptors (Lipinski definition) is 2. The second-order valence-corrected chi connectivity index (χ2v) is 4.33. The van der Waals surface area contributed by atoms with Crippen LogP contribution in [0, 0.1) is 0 Å². The summed E-state index contributed by atoms with van der Waals surface area (Å²) in [6.07, 6.45) is 2.34. The van der Waals surface area contributed by atoms with Crippen molar-refractivity contribution >= 4 is 5.69 Å². The van der Waals surface area contributed by atoms with Crippen molar-refractivity contribution in [3.8, 4) is 0 Å². The zero-order valence-corrected chi connectivity index (χ0v) is 10.7. The molecule has 0 fully saturated rings. The summed E-state index contributed by atoms with van der Waals surface area (Å²) >= 11 is 0. The quantitative estimate of drug-likeness (QED) is 0.688. The standard InChI is InChI=1S/C14H24N2/c1-4-10-15-11-13-6-8-14(9-7-13)16-12(3)5-2/h6-9,12,15-16H,4-5,10-11H2,1-3H3. The summed E-state index contributed by atoms with van der Waals surface area (Å²) in [4.78, 5) is 0. The highest BCUT2D eigenvalue weighted by Crippen LogP contribution is 2.11. The van der Waals surface area contributed by atoms with Gasteiger partial charge in [0, 0.05) is 18.3 Å². The molecule has 1 rings (SSSR count). The highest BCUT2D eigenvalue weighted by Gasteiger charge is 1.98.